The average molecular weight is 296 g/mol. The average Bonchev–Trinajstić information content (AvgIpc) is 2.84. The fourth-order valence-electron chi connectivity index (χ4n) is 1.59. The van der Waals surface area contributed by atoms with Gasteiger partial charge in [0, 0.05) is 12.7 Å². The lowest BCUT2D eigenvalue weighted by Gasteiger charge is -2.05. The number of sulfonamides is 1. The molecule has 2 aromatic rings. The molecule has 0 aliphatic rings. The van der Waals surface area contributed by atoms with E-state index in [9.17, 15) is 8.42 Å². The van der Waals surface area contributed by atoms with Crippen LogP contribution in [0.5, 0.6) is 0 Å². The SMILES string of the molecule is CNCc1ccc(S(=O)(=O)NCc2ncc(C)o2)nc1. The molecule has 0 saturated heterocycles. The second-order valence-electron chi connectivity index (χ2n) is 4.22. The Balaban J connectivity index is 2.05. The van der Waals surface area contributed by atoms with Crippen molar-refractivity contribution in [3.63, 3.8) is 0 Å². The van der Waals surface area contributed by atoms with Crippen LogP contribution in [0.1, 0.15) is 17.2 Å². The van der Waals surface area contributed by atoms with Gasteiger partial charge in [0.1, 0.15) is 5.76 Å². The summed E-state index contributed by atoms with van der Waals surface area (Å²) in [5.41, 5.74) is 0.912. The van der Waals surface area contributed by atoms with E-state index in [4.69, 9.17) is 4.42 Å². The standard InChI is InChI=1S/C12H16N4O3S/c1-9-5-14-11(19-9)8-16-20(17,18)12-4-3-10(6-13-2)7-15-12/h3-5,7,13,16H,6,8H2,1-2H3. The second kappa shape index (κ2) is 6.12. The zero-order valence-electron chi connectivity index (χ0n) is 11.3. The van der Waals surface area contributed by atoms with Crippen LogP contribution in [-0.4, -0.2) is 25.4 Å². The van der Waals surface area contributed by atoms with E-state index in [1.165, 1.54) is 18.5 Å². The fraction of sp³-hybridized carbons (Fsp3) is 0.333. The summed E-state index contributed by atoms with van der Waals surface area (Å²) in [5, 5.41) is 2.94. The minimum Gasteiger partial charge on any atom is -0.445 e. The molecule has 8 heteroatoms. The molecule has 0 bridgehead atoms. The van der Waals surface area contributed by atoms with Crippen LogP contribution < -0.4 is 10.0 Å². The van der Waals surface area contributed by atoms with Crippen LogP contribution in [0.3, 0.4) is 0 Å². The van der Waals surface area contributed by atoms with Crippen LogP contribution in [0.4, 0.5) is 0 Å². The second-order valence-corrected chi connectivity index (χ2v) is 5.94. The highest BCUT2D eigenvalue weighted by atomic mass is 32.2. The minimum absolute atomic E-state index is 0.00385. The molecule has 0 unspecified atom stereocenters. The first-order valence-corrected chi connectivity index (χ1v) is 7.50. The molecule has 0 atom stereocenters. The lowest BCUT2D eigenvalue weighted by molar-refractivity contribution is 0.463. The normalized spacial score (nSPS) is 11.7. The number of hydrogen-bond donors (Lipinski definition) is 2. The maximum Gasteiger partial charge on any atom is 0.258 e. The van der Waals surface area contributed by atoms with E-state index in [1.54, 1.807) is 13.0 Å². The van der Waals surface area contributed by atoms with E-state index in [2.05, 4.69) is 20.0 Å². The third-order valence-electron chi connectivity index (χ3n) is 2.54. The number of aromatic nitrogens is 2. The van der Waals surface area contributed by atoms with Gasteiger partial charge < -0.3 is 9.73 Å². The molecule has 108 valence electrons. The van der Waals surface area contributed by atoms with E-state index in [-0.39, 0.29) is 11.6 Å². The highest BCUT2D eigenvalue weighted by molar-refractivity contribution is 7.89. The Labute approximate surface area is 117 Å². The van der Waals surface area contributed by atoms with Crippen molar-refractivity contribution in [1.29, 1.82) is 0 Å². The molecule has 2 N–H and O–H groups in total. The Bertz CT molecular complexity index is 664. The third-order valence-corrected chi connectivity index (χ3v) is 3.85. The van der Waals surface area contributed by atoms with E-state index in [0.29, 0.717) is 18.2 Å². The first-order chi connectivity index (χ1) is 9.51. The van der Waals surface area contributed by atoms with Gasteiger partial charge >= 0.3 is 0 Å². The molecule has 0 spiro atoms. The molecule has 2 rings (SSSR count). The quantitative estimate of drug-likeness (QED) is 0.809. The summed E-state index contributed by atoms with van der Waals surface area (Å²) in [6, 6.07) is 3.18. The summed E-state index contributed by atoms with van der Waals surface area (Å²) in [6.07, 6.45) is 3.06. The van der Waals surface area contributed by atoms with E-state index < -0.39 is 10.0 Å². The number of oxazole rings is 1. The Hall–Kier alpha value is -1.77. The van der Waals surface area contributed by atoms with Crippen LogP contribution in [0.15, 0.2) is 34.0 Å². The van der Waals surface area contributed by atoms with Gasteiger partial charge in [-0.3, -0.25) is 0 Å². The number of rotatable bonds is 6. The highest BCUT2D eigenvalue weighted by Crippen LogP contribution is 2.08. The fourth-order valence-corrected chi connectivity index (χ4v) is 2.49. The van der Waals surface area contributed by atoms with Crippen molar-refractivity contribution in [1.82, 2.24) is 20.0 Å². The molecular weight excluding hydrogens is 280 g/mol. The maximum atomic E-state index is 12.0. The van der Waals surface area contributed by atoms with Crippen molar-refractivity contribution in [2.75, 3.05) is 7.05 Å². The first kappa shape index (κ1) is 14.6. The molecule has 20 heavy (non-hydrogen) atoms. The molecule has 2 heterocycles. The van der Waals surface area contributed by atoms with Crippen molar-refractivity contribution >= 4 is 10.0 Å². The third kappa shape index (κ3) is 3.62. The topological polar surface area (TPSA) is 97.1 Å². The van der Waals surface area contributed by atoms with E-state index >= 15 is 0 Å². The van der Waals surface area contributed by atoms with Gasteiger partial charge in [0.15, 0.2) is 5.03 Å². The largest absolute Gasteiger partial charge is 0.445 e. The van der Waals surface area contributed by atoms with Gasteiger partial charge in [-0.15, -0.1) is 0 Å². The molecule has 0 saturated carbocycles. The van der Waals surface area contributed by atoms with Gasteiger partial charge in [-0.25, -0.2) is 23.1 Å². The Kier molecular flexibility index (Phi) is 4.48. The summed E-state index contributed by atoms with van der Waals surface area (Å²) in [5.74, 6) is 0.951. The lowest BCUT2D eigenvalue weighted by atomic mass is 10.3. The number of nitrogens with zero attached hydrogens (tertiary/aromatic N) is 2. The molecule has 2 aromatic heterocycles. The van der Waals surface area contributed by atoms with Crippen molar-refractivity contribution in [3.05, 3.63) is 41.7 Å². The maximum absolute atomic E-state index is 12.0. The Morgan fingerprint density at radius 1 is 1.20 bits per heavy atom. The first-order valence-electron chi connectivity index (χ1n) is 6.02. The van der Waals surface area contributed by atoms with Crippen LogP contribution in [0.25, 0.3) is 0 Å². The van der Waals surface area contributed by atoms with Crippen LogP contribution in [0.2, 0.25) is 0 Å². The molecule has 0 amide bonds. The molecule has 0 aliphatic heterocycles. The summed E-state index contributed by atoms with van der Waals surface area (Å²) < 4.78 is 31.6. The van der Waals surface area contributed by atoms with Crippen LogP contribution >= 0.6 is 0 Å². The summed E-state index contributed by atoms with van der Waals surface area (Å²) in [4.78, 5) is 7.87. The van der Waals surface area contributed by atoms with Crippen LogP contribution in [0, 0.1) is 6.92 Å². The summed E-state index contributed by atoms with van der Waals surface area (Å²) in [6.45, 7) is 2.37. The monoisotopic (exact) mass is 296 g/mol. The predicted octanol–water partition coefficient (Wildman–Crippen LogP) is 0.576. The van der Waals surface area contributed by atoms with Gasteiger partial charge in [-0.05, 0) is 25.6 Å². The number of aryl methyl sites for hydroxylation is 1. The van der Waals surface area contributed by atoms with Gasteiger partial charge in [0.05, 0.1) is 12.7 Å². The molecular formula is C12H16N4O3S. The molecule has 7 nitrogen and oxygen atoms in total. The van der Waals surface area contributed by atoms with Crippen molar-refractivity contribution in [3.8, 4) is 0 Å². The zero-order valence-corrected chi connectivity index (χ0v) is 12.1. The number of hydrogen-bond acceptors (Lipinski definition) is 6. The van der Waals surface area contributed by atoms with E-state index in [0.717, 1.165) is 5.56 Å². The molecule has 0 aromatic carbocycles. The minimum atomic E-state index is -3.66. The summed E-state index contributed by atoms with van der Waals surface area (Å²) in [7, 11) is -1.85. The number of nitrogens with one attached hydrogen (secondary N) is 2. The van der Waals surface area contributed by atoms with Crippen molar-refractivity contribution in [2.45, 2.75) is 25.0 Å². The molecule has 0 radical (unpaired) electrons. The Morgan fingerprint density at radius 2 is 2.00 bits per heavy atom. The molecule has 0 aliphatic carbocycles. The molecule has 0 fully saturated rings. The van der Waals surface area contributed by atoms with Crippen LogP contribution in [-0.2, 0) is 23.1 Å². The van der Waals surface area contributed by atoms with Crippen molar-refractivity contribution in [2.24, 2.45) is 0 Å². The lowest BCUT2D eigenvalue weighted by Crippen LogP contribution is -2.24. The van der Waals surface area contributed by atoms with Gasteiger partial charge in [-0.2, -0.15) is 0 Å². The van der Waals surface area contributed by atoms with E-state index in [1.807, 2.05) is 7.05 Å². The predicted molar refractivity (Wildman–Crippen MR) is 72.3 cm³/mol. The van der Waals surface area contributed by atoms with Gasteiger partial charge in [-0.1, -0.05) is 6.07 Å². The Morgan fingerprint density at radius 3 is 2.55 bits per heavy atom. The highest BCUT2D eigenvalue weighted by Gasteiger charge is 2.16. The van der Waals surface area contributed by atoms with Gasteiger partial charge in [0.25, 0.3) is 10.0 Å². The summed E-state index contributed by atoms with van der Waals surface area (Å²) >= 11 is 0. The van der Waals surface area contributed by atoms with Crippen molar-refractivity contribution < 1.29 is 12.8 Å². The van der Waals surface area contributed by atoms with Gasteiger partial charge in [0.2, 0.25) is 5.89 Å². The number of pyridine rings is 1. The zero-order chi connectivity index (χ0) is 14.6. The smallest absolute Gasteiger partial charge is 0.258 e.